The highest BCUT2D eigenvalue weighted by Gasteiger charge is 2.54. The van der Waals surface area contributed by atoms with Gasteiger partial charge in [0.1, 0.15) is 5.78 Å². The maximum Gasteiger partial charge on any atom is 0.144 e. The Hall–Kier alpha value is -0.410. The summed E-state index contributed by atoms with van der Waals surface area (Å²) in [4.78, 5) is 12.8. The van der Waals surface area contributed by atoms with Crippen LogP contribution in [0, 0.1) is 11.8 Å². The molecule has 3 heteroatoms. The van der Waals surface area contributed by atoms with Gasteiger partial charge in [0.2, 0.25) is 0 Å². The van der Waals surface area contributed by atoms with E-state index in [4.69, 9.17) is 9.47 Å². The minimum Gasteiger partial charge on any atom is -0.374 e. The lowest BCUT2D eigenvalue weighted by molar-refractivity contribution is -0.134. The first-order valence-corrected chi connectivity index (χ1v) is 7.18. The molecular weight excluding hydrogens is 228 g/mol. The fraction of sp³-hybridized carbons (Fsp3) is 0.933. The highest BCUT2D eigenvalue weighted by molar-refractivity contribution is 5.86. The molecule has 0 aromatic rings. The predicted octanol–water partition coefficient (Wildman–Crippen LogP) is 2.72. The Labute approximate surface area is 109 Å². The van der Waals surface area contributed by atoms with Crippen LogP contribution in [0.5, 0.6) is 0 Å². The molecule has 0 N–H and O–H groups in total. The van der Waals surface area contributed by atoms with Gasteiger partial charge < -0.3 is 9.47 Å². The van der Waals surface area contributed by atoms with Gasteiger partial charge in [0.25, 0.3) is 0 Å². The monoisotopic (exact) mass is 252 g/mol. The number of hydrogen-bond acceptors (Lipinski definition) is 3. The molecule has 4 unspecified atom stereocenters. The summed E-state index contributed by atoms with van der Waals surface area (Å²) in [5, 5.41) is 0. The van der Waals surface area contributed by atoms with Crippen LogP contribution in [0.2, 0.25) is 0 Å². The van der Waals surface area contributed by atoms with Crippen molar-refractivity contribution in [2.45, 2.75) is 76.8 Å². The van der Waals surface area contributed by atoms with Crippen molar-refractivity contribution in [3.8, 4) is 0 Å². The van der Waals surface area contributed by atoms with Gasteiger partial charge in [-0.3, -0.25) is 4.79 Å². The van der Waals surface area contributed by atoms with E-state index in [1.165, 1.54) is 0 Å². The number of ether oxygens (including phenoxy) is 2. The molecule has 3 saturated heterocycles. The van der Waals surface area contributed by atoms with E-state index in [0.29, 0.717) is 11.9 Å². The zero-order chi connectivity index (χ0) is 13.1. The molecule has 0 amide bonds. The fourth-order valence-electron chi connectivity index (χ4n) is 4.20. The summed E-state index contributed by atoms with van der Waals surface area (Å²) < 4.78 is 11.9. The minimum atomic E-state index is -0.331. The van der Waals surface area contributed by atoms with Gasteiger partial charge >= 0.3 is 0 Å². The molecular formula is C15H24O3. The molecule has 3 nitrogen and oxygen atoms in total. The number of carbonyl (C=O) groups is 1. The second kappa shape index (κ2) is 3.80. The normalized spacial score (nSPS) is 44.4. The van der Waals surface area contributed by atoms with Crippen LogP contribution < -0.4 is 0 Å². The van der Waals surface area contributed by atoms with Crippen molar-refractivity contribution in [3.05, 3.63) is 0 Å². The number of carbonyl (C=O) groups excluding carboxylic acids is 1. The molecule has 0 aromatic carbocycles. The molecule has 0 aromatic heterocycles. The molecule has 3 aliphatic rings. The van der Waals surface area contributed by atoms with E-state index in [1.54, 1.807) is 0 Å². The topological polar surface area (TPSA) is 35.5 Å². The molecule has 3 heterocycles. The Balaban J connectivity index is 1.77. The lowest BCUT2D eigenvalue weighted by Crippen LogP contribution is -2.39. The summed E-state index contributed by atoms with van der Waals surface area (Å²) in [7, 11) is 0. The molecule has 2 bridgehead atoms. The number of fused-ring (bicyclic) bond motifs is 2. The van der Waals surface area contributed by atoms with Crippen molar-refractivity contribution in [2.75, 3.05) is 0 Å². The van der Waals surface area contributed by atoms with Crippen LogP contribution in [0.4, 0.5) is 0 Å². The smallest absolute Gasteiger partial charge is 0.144 e. The van der Waals surface area contributed by atoms with E-state index in [9.17, 15) is 4.79 Å². The number of ketones is 1. The average Bonchev–Trinajstić information content (AvgIpc) is 2.88. The number of Topliss-reactive ketones (excluding diaryl/α,β-unsaturated/α-hetero) is 1. The molecule has 102 valence electrons. The van der Waals surface area contributed by atoms with Gasteiger partial charge in [-0.2, -0.15) is 0 Å². The summed E-state index contributed by atoms with van der Waals surface area (Å²) in [6.07, 6.45) is 4.54. The molecule has 18 heavy (non-hydrogen) atoms. The zero-order valence-electron chi connectivity index (χ0n) is 11.9. The number of rotatable bonds is 2. The number of hydrogen-bond donors (Lipinski definition) is 0. The van der Waals surface area contributed by atoms with Gasteiger partial charge in [-0.25, -0.2) is 0 Å². The zero-order valence-corrected chi connectivity index (χ0v) is 11.9. The molecule has 0 aliphatic carbocycles. The van der Waals surface area contributed by atoms with Crippen LogP contribution in [-0.2, 0) is 14.3 Å². The van der Waals surface area contributed by atoms with Gasteiger partial charge in [0.05, 0.1) is 23.4 Å². The van der Waals surface area contributed by atoms with Gasteiger partial charge in [-0.1, -0.05) is 0 Å². The van der Waals surface area contributed by atoms with E-state index in [2.05, 4.69) is 27.7 Å². The Morgan fingerprint density at radius 3 is 2.33 bits per heavy atom. The van der Waals surface area contributed by atoms with Gasteiger partial charge in [-0.05, 0) is 53.4 Å². The molecule has 4 atom stereocenters. The molecule has 0 saturated carbocycles. The molecule has 0 radical (unpaired) electrons. The van der Waals surface area contributed by atoms with Crippen molar-refractivity contribution in [1.29, 1.82) is 0 Å². The molecule has 3 aliphatic heterocycles. The third-order valence-corrected chi connectivity index (χ3v) is 4.89. The van der Waals surface area contributed by atoms with E-state index in [0.717, 1.165) is 25.7 Å². The second-order valence-corrected chi connectivity index (χ2v) is 7.34. The van der Waals surface area contributed by atoms with Crippen molar-refractivity contribution in [2.24, 2.45) is 11.8 Å². The molecule has 3 rings (SSSR count). The third kappa shape index (κ3) is 1.92. The van der Waals surface area contributed by atoms with Crippen molar-refractivity contribution in [1.82, 2.24) is 0 Å². The van der Waals surface area contributed by atoms with Crippen LogP contribution in [0.3, 0.4) is 0 Å². The summed E-state index contributed by atoms with van der Waals surface area (Å²) in [5.74, 6) is 0.545. The van der Waals surface area contributed by atoms with Crippen LogP contribution >= 0.6 is 0 Å². The van der Waals surface area contributed by atoms with Crippen molar-refractivity contribution < 1.29 is 14.3 Å². The lowest BCUT2D eigenvalue weighted by atomic mass is 9.75. The van der Waals surface area contributed by atoms with E-state index in [1.807, 2.05) is 0 Å². The summed E-state index contributed by atoms with van der Waals surface area (Å²) >= 11 is 0. The molecule has 0 spiro atoms. The van der Waals surface area contributed by atoms with Crippen molar-refractivity contribution in [3.63, 3.8) is 0 Å². The Bertz CT molecular complexity index is 372. The summed E-state index contributed by atoms with van der Waals surface area (Å²) in [6, 6.07) is 0. The Morgan fingerprint density at radius 2 is 1.89 bits per heavy atom. The minimum absolute atomic E-state index is 0.0282. The lowest BCUT2D eigenvalue weighted by Gasteiger charge is -2.29. The first-order valence-electron chi connectivity index (χ1n) is 7.18. The quantitative estimate of drug-likeness (QED) is 0.758. The van der Waals surface area contributed by atoms with Crippen LogP contribution in [0.1, 0.15) is 53.4 Å². The average molecular weight is 252 g/mol. The standard InChI is InChI=1S/C15H24O3/c1-14(2)8-11(15(3,4)18-14)13(16)10-7-9-5-6-12(10)17-9/h9-12H,5-8H2,1-4H3. The predicted molar refractivity (Wildman–Crippen MR) is 68.4 cm³/mol. The summed E-state index contributed by atoms with van der Waals surface area (Å²) in [5.41, 5.74) is -0.509. The van der Waals surface area contributed by atoms with E-state index in [-0.39, 0.29) is 29.1 Å². The highest BCUT2D eigenvalue weighted by Crippen LogP contribution is 2.47. The van der Waals surface area contributed by atoms with E-state index >= 15 is 0 Å². The van der Waals surface area contributed by atoms with Gasteiger partial charge in [-0.15, -0.1) is 0 Å². The maximum absolute atomic E-state index is 12.8. The first kappa shape index (κ1) is 12.6. The fourth-order valence-corrected chi connectivity index (χ4v) is 4.20. The first-order chi connectivity index (χ1) is 8.28. The van der Waals surface area contributed by atoms with E-state index < -0.39 is 0 Å². The third-order valence-electron chi connectivity index (χ3n) is 4.89. The maximum atomic E-state index is 12.8. The van der Waals surface area contributed by atoms with Gasteiger partial charge in [0, 0.05) is 11.8 Å². The summed E-state index contributed by atoms with van der Waals surface area (Å²) in [6.45, 7) is 8.27. The van der Waals surface area contributed by atoms with Crippen LogP contribution in [-0.4, -0.2) is 29.2 Å². The largest absolute Gasteiger partial charge is 0.374 e. The molecule has 3 fully saturated rings. The van der Waals surface area contributed by atoms with Gasteiger partial charge in [0.15, 0.2) is 0 Å². The highest BCUT2D eigenvalue weighted by atomic mass is 16.5. The Morgan fingerprint density at radius 1 is 1.17 bits per heavy atom. The Kier molecular flexibility index (Phi) is 2.66. The van der Waals surface area contributed by atoms with Crippen molar-refractivity contribution >= 4 is 5.78 Å². The van der Waals surface area contributed by atoms with Crippen LogP contribution in [0.25, 0.3) is 0 Å². The van der Waals surface area contributed by atoms with Crippen LogP contribution in [0.15, 0.2) is 0 Å². The SMILES string of the molecule is CC1(C)CC(C(=O)C2CC3CCC2O3)C(C)(C)O1. The second-order valence-electron chi connectivity index (χ2n) is 7.34.